The van der Waals surface area contributed by atoms with Crippen molar-refractivity contribution < 1.29 is 37.7 Å². The predicted octanol–water partition coefficient (Wildman–Crippen LogP) is 4.81. The molecular weight excluding hydrogens is 505 g/mol. The van der Waals surface area contributed by atoms with Crippen molar-refractivity contribution in [3.63, 3.8) is 0 Å². The van der Waals surface area contributed by atoms with Gasteiger partial charge in [0.15, 0.2) is 17.1 Å². The van der Waals surface area contributed by atoms with E-state index in [1.807, 2.05) is 31.2 Å². The van der Waals surface area contributed by atoms with E-state index in [0.717, 1.165) is 70.4 Å². The van der Waals surface area contributed by atoms with Gasteiger partial charge in [-0.05, 0) is 75.2 Å². The van der Waals surface area contributed by atoms with Gasteiger partial charge in [-0.3, -0.25) is 5.10 Å². The second-order valence-corrected chi connectivity index (χ2v) is 8.90. The number of methoxy groups -OCH3 is 1. The van der Waals surface area contributed by atoms with Crippen LogP contribution in [-0.4, -0.2) is 64.3 Å². The summed E-state index contributed by atoms with van der Waals surface area (Å²) in [6, 6.07) is 11.1. The van der Waals surface area contributed by atoms with Crippen LogP contribution >= 0.6 is 0 Å². The van der Waals surface area contributed by atoms with Gasteiger partial charge in [-0.25, -0.2) is 9.78 Å². The van der Waals surface area contributed by atoms with E-state index < -0.39 is 12.1 Å². The van der Waals surface area contributed by atoms with Crippen molar-refractivity contribution in [1.29, 1.82) is 0 Å². The molecule has 1 aliphatic rings. The van der Waals surface area contributed by atoms with Gasteiger partial charge in [0.2, 0.25) is 0 Å². The summed E-state index contributed by atoms with van der Waals surface area (Å²) in [5, 5.41) is 30.6. The van der Waals surface area contributed by atoms with E-state index in [0.29, 0.717) is 18.3 Å². The highest BCUT2D eigenvalue weighted by molar-refractivity contribution is 6.12. The number of aromatic nitrogens is 3. The molecule has 4 aromatic rings. The first-order valence-corrected chi connectivity index (χ1v) is 11.9. The number of phenolic OH excluding ortho intramolecular Hbond substituents is 1. The summed E-state index contributed by atoms with van der Waals surface area (Å²) in [6.07, 6.45) is -2.84. The molecule has 0 unspecified atom stereocenters. The molecule has 12 heteroatoms. The highest BCUT2D eigenvalue weighted by atomic mass is 19.4. The Morgan fingerprint density at radius 1 is 1.11 bits per heavy atom. The smallest absolute Gasteiger partial charge is 0.490 e. The number of phenols is 1. The molecule has 4 N–H and O–H groups in total. The Labute approximate surface area is 215 Å². The highest BCUT2D eigenvalue weighted by Gasteiger charge is 2.38. The van der Waals surface area contributed by atoms with Crippen LogP contribution in [0.25, 0.3) is 33.1 Å². The number of nitrogens with zero attached hydrogens (tertiary/aromatic N) is 2. The summed E-state index contributed by atoms with van der Waals surface area (Å²) in [5.41, 5.74) is 3.32. The molecule has 1 fully saturated rings. The molecule has 5 rings (SSSR count). The molecule has 0 saturated carbocycles. The van der Waals surface area contributed by atoms with E-state index >= 15 is 0 Å². The largest absolute Gasteiger partial charge is 0.508 e. The number of rotatable bonds is 5. The average Bonchev–Trinajstić information content (AvgIpc) is 3.28. The number of carboxylic acid groups (broad SMARTS) is 1. The minimum absolute atomic E-state index is 0.220. The van der Waals surface area contributed by atoms with E-state index in [2.05, 4.69) is 15.5 Å². The lowest BCUT2D eigenvalue weighted by molar-refractivity contribution is -0.192. The summed E-state index contributed by atoms with van der Waals surface area (Å²) >= 11 is 0. The van der Waals surface area contributed by atoms with Crippen LogP contribution < -0.4 is 14.8 Å². The van der Waals surface area contributed by atoms with Crippen LogP contribution in [0.5, 0.6) is 17.2 Å². The van der Waals surface area contributed by atoms with Crippen molar-refractivity contribution in [2.24, 2.45) is 5.92 Å². The number of piperidine rings is 1. The number of H-pyrrole nitrogens is 1. The number of pyridine rings is 1. The van der Waals surface area contributed by atoms with Crippen molar-refractivity contribution in [2.45, 2.75) is 25.9 Å². The maximum atomic E-state index is 10.6. The molecule has 2 aromatic carbocycles. The second-order valence-electron chi connectivity index (χ2n) is 8.90. The molecule has 0 spiro atoms. The molecule has 38 heavy (non-hydrogen) atoms. The third-order valence-electron chi connectivity index (χ3n) is 6.30. The number of halogens is 3. The molecule has 202 valence electrons. The fourth-order valence-electron chi connectivity index (χ4n) is 4.33. The maximum Gasteiger partial charge on any atom is 0.490 e. The van der Waals surface area contributed by atoms with Gasteiger partial charge in [0.05, 0.1) is 25.1 Å². The van der Waals surface area contributed by atoms with Gasteiger partial charge in [-0.1, -0.05) is 0 Å². The average molecular weight is 533 g/mol. The Morgan fingerprint density at radius 2 is 1.74 bits per heavy atom. The zero-order chi connectivity index (χ0) is 27.4. The van der Waals surface area contributed by atoms with E-state index in [9.17, 15) is 18.3 Å². The first kappa shape index (κ1) is 27.0. The molecule has 0 bridgehead atoms. The Morgan fingerprint density at radius 3 is 2.34 bits per heavy atom. The van der Waals surface area contributed by atoms with E-state index in [1.165, 1.54) is 0 Å². The number of aryl methyl sites for hydroxylation is 1. The topological polar surface area (TPSA) is 130 Å². The molecule has 0 amide bonds. The van der Waals surface area contributed by atoms with Crippen LogP contribution in [0, 0.1) is 12.8 Å². The Hall–Kier alpha value is -4.06. The van der Waals surface area contributed by atoms with Crippen LogP contribution in [0.3, 0.4) is 0 Å². The highest BCUT2D eigenvalue weighted by Crippen LogP contribution is 2.40. The van der Waals surface area contributed by atoms with Crippen molar-refractivity contribution >= 4 is 27.8 Å². The lowest BCUT2D eigenvalue weighted by atomic mass is 9.99. The number of carbonyl (C=O) groups is 1. The fourth-order valence-corrected chi connectivity index (χ4v) is 4.33. The zero-order valence-corrected chi connectivity index (χ0v) is 20.7. The predicted molar refractivity (Wildman–Crippen MR) is 135 cm³/mol. The number of hydrogen-bond donors (Lipinski definition) is 4. The molecule has 3 heterocycles. The number of benzene rings is 2. The maximum absolute atomic E-state index is 10.6. The monoisotopic (exact) mass is 532 g/mol. The normalized spacial score (nSPS) is 14.2. The summed E-state index contributed by atoms with van der Waals surface area (Å²) in [4.78, 5) is 13.7. The summed E-state index contributed by atoms with van der Waals surface area (Å²) in [7, 11) is 1.66. The van der Waals surface area contributed by atoms with Gasteiger partial charge >= 0.3 is 12.1 Å². The van der Waals surface area contributed by atoms with Crippen LogP contribution in [-0.2, 0) is 4.79 Å². The Kier molecular flexibility index (Phi) is 7.91. The number of aromatic hydroxyl groups is 1. The Bertz CT molecular complexity index is 1430. The van der Waals surface area contributed by atoms with Gasteiger partial charge in [-0.2, -0.15) is 18.3 Å². The quantitative estimate of drug-likeness (QED) is 0.288. The number of aliphatic carboxylic acids is 1. The minimum atomic E-state index is -5.08. The summed E-state index contributed by atoms with van der Waals surface area (Å²) in [5.74, 6) is -0.574. The summed E-state index contributed by atoms with van der Waals surface area (Å²) in [6.45, 7) is 4.73. The van der Waals surface area contributed by atoms with Crippen LogP contribution in [0.4, 0.5) is 13.2 Å². The van der Waals surface area contributed by atoms with Crippen molar-refractivity contribution in [2.75, 3.05) is 26.8 Å². The molecule has 9 nitrogen and oxygen atoms in total. The molecular formula is C26H27F3N4O5. The third-order valence-corrected chi connectivity index (χ3v) is 6.30. The molecule has 1 saturated heterocycles. The van der Waals surface area contributed by atoms with E-state index in [-0.39, 0.29) is 5.75 Å². The summed E-state index contributed by atoms with van der Waals surface area (Å²) < 4.78 is 43.7. The number of ether oxygens (including phenoxy) is 2. The van der Waals surface area contributed by atoms with Crippen LogP contribution in [0.1, 0.15) is 18.5 Å². The van der Waals surface area contributed by atoms with Crippen LogP contribution in [0.15, 0.2) is 36.4 Å². The minimum Gasteiger partial charge on any atom is -0.508 e. The van der Waals surface area contributed by atoms with Crippen LogP contribution in [0.2, 0.25) is 0 Å². The number of carboxylic acids is 1. The van der Waals surface area contributed by atoms with Crippen molar-refractivity contribution in [3.05, 3.63) is 42.1 Å². The van der Waals surface area contributed by atoms with Gasteiger partial charge in [-0.15, -0.1) is 0 Å². The SMILES string of the molecule is COc1cc2c(-c3ccc(O)cc3)nc3[nH]nc(C)c3c2cc1OCC1CCNCC1.O=C(O)C(F)(F)F. The van der Waals surface area contributed by atoms with Gasteiger partial charge < -0.3 is 25.0 Å². The molecule has 0 radical (unpaired) electrons. The third kappa shape index (κ3) is 5.91. The van der Waals surface area contributed by atoms with Gasteiger partial charge in [0, 0.05) is 21.7 Å². The van der Waals surface area contributed by atoms with Crippen molar-refractivity contribution in [3.8, 4) is 28.5 Å². The standard InChI is InChI=1S/C24H26N4O3.C2HF3O2/c1-14-22-18-11-21(31-13-15-7-9-25-10-8-15)20(30-2)12-19(18)23(26-24(22)28-27-14)16-3-5-17(29)6-4-16;3-2(4,5)1(6)7/h3-6,11-12,15,25,29H,7-10,13H2,1-2H3,(H,26,27,28);(H,6,7). The van der Waals surface area contributed by atoms with E-state index in [4.69, 9.17) is 24.4 Å². The fraction of sp³-hybridized carbons (Fsp3) is 0.346. The first-order chi connectivity index (χ1) is 18.1. The molecule has 0 aliphatic carbocycles. The molecule has 2 aromatic heterocycles. The first-order valence-electron chi connectivity index (χ1n) is 11.9. The number of aromatic amines is 1. The van der Waals surface area contributed by atoms with Gasteiger partial charge in [0.25, 0.3) is 0 Å². The molecule has 1 aliphatic heterocycles. The van der Waals surface area contributed by atoms with E-state index in [1.54, 1.807) is 19.2 Å². The number of fused-ring (bicyclic) bond motifs is 3. The lowest BCUT2D eigenvalue weighted by Crippen LogP contribution is -2.30. The Balaban J connectivity index is 0.000000426. The number of alkyl halides is 3. The van der Waals surface area contributed by atoms with Crippen molar-refractivity contribution in [1.82, 2.24) is 20.5 Å². The second kappa shape index (κ2) is 11.1. The van der Waals surface area contributed by atoms with Gasteiger partial charge in [0.1, 0.15) is 5.75 Å². The molecule has 0 atom stereocenters. The number of nitrogens with one attached hydrogen (secondary N) is 2. The number of hydrogen-bond acceptors (Lipinski definition) is 7. The lowest BCUT2D eigenvalue weighted by Gasteiger charge is -2.23. The zero-order valence-electron chi connectivity index (χ0n) is 20.7.